The Balaban J connectivity index is 2.80. The second-order valence-corrected chi connectivity index (χ2v) is 8.96. The standard InChI is InChI=1S/C15H32N2O2S/c1-6-14-11-17(9-10-20(18,19)13(4)5)15(7-2,8-3)12-16-14/h13-14,16H,6-12H2,1-5H3. The van der Waals surface area contributed by atoms with Gasteiger partial charge in [-0.3, -0.25) is 4.90 Å². The van der Waals surface area contributed by atoms with Gasteiger partial charge in [0.15, 0.2) is 9.84 Å². The lowest BCUT2D eigenvalue weighted by Gasteiger charge is -2.49. The van der Waals surface area contributed by atoms with Gasteiger partial charge in [0.2, 0.25) is 0 Å². The molecule has 0 spiro atoms. The van der Waals surface area contributed by atoms with Gasteiger partial charge in [-0.1, -0.05) is 20.8 Å². The molecule has 1 N–H and O–H groups in total. The lowest BCUT2D eigenvalue weighted by Crippen LogP contribution is -2.64. The van der Waals surface area contributed by atoms with Crippen LogP contribution in [-0.2, 0) is 9.84 Å². The number of nitrogens with zero attached hydrogens (tertiary/aromatic N) is 1. The van der Waals surface area contributed by atoms with Gasteiger partial charge in [-0.15, -0.1) is 0 Å². The molecule has 1 aliphatic heterocycles. The molecule has 0 aromatic heterocycles. The monoisotopic (exact) mass is 304 g/mol. The second-order valence-electron chi connectivity index (χ2n) is 6.28. The van der Waals surface area contributed by atoms with E-state index in [0.29, 0.717) is 12.6 Å². The number of sulfone groups is 1. The smallest absolute Gasteiger partial charge is 0.153 e. The highest BCUT2D eigenvalue weighted by atomic mass is 32.2. The zero-order chi connectivity index (χ0) is 15.4. The first kappa shape index (κ1) is 17.9. The molecule has 0 radical (unpaired) electrons. The van der Waals surface area contributed by atoms with Gasteiger partial charge in [0.25, 0.3) is 0 Å². The van der Waals surface area contributed by atoms with Gasteiger partial charge in [-0.2, -0.15) is 0 Å². The van der Waals surface area contributed by atoms with E-state index in [0.717, 1.165) is 32.4 Å². The Labute approximate surface area is 125 Å². The summed E-state index contributed by atoms with van der Waals surface area (Å²) in [5.74, 6) is 0.281. The second kappa shape index (κ2) is 7.23. The zero-order valence-electron chi connectivity index (χ0n) is 13.8. The first-order valence-corrected chi connectivity index (χ1v) is 9.72. The number of piperazine rings is 1. The Hall–Kier alpha value is -0.130. The van der Waals surface area contributed by atoms with Crippen LogP contribution in [0.5, 0.6) is 0 Å². The minimum Gasteiger partial charge on any atom is -0.311 e. The van der Waals surface area contributed by atoms with E-state index in [-0.39, 0.29) is 16.5 Å². The summed E-state index contributed by atoms with van der Waals surface area (Å²) >= 11 is 0. The van der Waals surface area contributed by atoms with Crippen molar-refractivity contribution in [2.24, 2.45) is 0 Å². The molecule has 0 aliphatic carbocycles. The summed E-state index contributed by atoms with van der Waals surface area (Å²) in [6.07, 6.45) is 3.22. The molecule has 1 saturated heterocycles. The third-order valence-electron chi connectivity index (χ3n) is 5.00. The molecule has 1 heterocycles. The normalized spacial score (nSPS) is 24.2. The van der Waals surface area contributed by atoms with Crippen molar-refractivity contribution < 1.29 is 8.42 Å². The van der Waals surface area contributed by atoms with Crippen molar-refractivity contribution in [1.82, 2.24) is 10.2 Å². The molecule has 0 saturated carbocycles. The van der Waals surface area contributed by atoms with E-state index in [4.69, 9.17) is 0 Å². The fourth-order valence-corrected chi connectivity index (χ4v) is 3.94. The highest BCUT2D eigenvalue weighted by molar-refractivity contribution is 7.92. The van der Waals surface area contributed by atoms with E-state index in [9.17, 15) is 8.42 Å². The molecule has 1 atom stereocenters. The zero-order valence-corrected chi connectivity index (χ0v) is 14.6. The minimum absolute atomic E-state index is 0.123. The van der Waals surface area contributed by atoms with Crippen molar-refractivity contribution in [3.8, 4) is 0 Å². The van der Waals surface area contributed by atoms with Crippen molar-refractivity contribution >= 4 is 9.84 Å². The molecule has 5 heteroatoms. The van der Waals surface area contributed by atoms with E-state index in [1.54, 1.807) is 13.8 Å². The Morgan fingerprint density at radius 2 is 1.85 bits per heavy atom. The quantitative estimate of drug-likeness (QED) is 0.782. The molecule has 0 amide bonds. The summed E-state index contributed by atoms with van der Waals surface area (Å²) in [4.78, 5) is 2.43. The van der Waals surface area contributed by atoms with Crippen LogP contribution in [0.2, 0.25) is 0 Å². The van der Waals surface area contributed by atoms with Crippen LogP contribution in [0.1, 0.15) is 53.9 Å². The maximum absolute atomic E-state index is 12.1. The average Bonchev–Trinajstić information content (AvgIpc) is 2.44. The fraction of sp³-hybridized carbons (Fsp3) is 1.00. The molecular formula is C15H32N2O2S. The average molecular weight is 305 g/mol. The van der Waals surface area contributed by atoms with E-state index in [1.807, 2.05) is 0 Å². The van der Waals surface area contributed by atoms with Crippen LogP contribution in [0, 0.1) is 0 Å². The van der Waals surface area contributed by atoms with Gasteiger partial charge in [-0.25, -0.2) is 8.42 Å². The van der Waals surface area contributed by atoms with Crippen LogP contribution >= 0.6 is 0 Å². The Morgan fingerprint density at radius 3 is 2.30 bits per heavy atom. The van der Waals surface area contributed by atoms with E-state index >= 15 is 0 Å². The van der Waals surface area contributed by atoms with Crippen LogP contribution in [0.25, 0.3) is 0 Å². The number of hydrogen-bond donors (Lipinski definition) is 1. The third kappa shape index (κ3) is 3.95. The van der Waals surface area contributed by atoms with Gasteiger partial charge in [-0.05, 0) is 33.1 Å². The van der Waals surface area contributed by atoms with E-state index < -0.39 is 9.84 Å². The maximum Gasteiger partial charge on any atom is 0.153 e. The van der Waals surface area contributed by atoms with Crippen molar-refractivity contribution in [3.63, 3.8) is 0 Å². The molecule has 1 rings (SSSR count). The first-order valence-electron chi connectivity index (χ1n) is 8.01. The highest BCUT2D eigenvalue weighted by Gasteiger charge is 2.38. The molecule has 1 fully saturated rings. The van der Waals surface area contributed by atoms with Crippen molar-refractivity contribution in [2.75, 3.05) is 25.4 Å². The Kier molecular flexibility index (Phi) is 6.48. The van der Waals surface area contributed by atoms with Gasteiger partial charge < -0.3 is 5.32 Å². The van der Waals surface area contributed by atoms with E-state index in [1.165, 1.54) is 0 Å². The SMILES string of the molecule is CCC1CN(CCS(=O)(=O)C(C)C)C(CC)(CC)CN1. The topological polar surface area (TPSA) is 49.4 Å². The van der Waals surface area contributed by atoms with Gasteiger partial charge in [0, 0.05) is 31.2 Å². The summed E-state index contributed by atoms with van der Waals surface area (Å²) in [7, 11) is -2.95. The first-order chi connectivity index (χ1) is 9.31. The van der Waals surface area contributed by atoms with E-state index in [2.05, 4.69) is 31.0 Å². The molecule has 1 aliphatic rings. The number of nitrogens with one attached hydrogen (secondary N) is 1. The lowest BCUT2D eigenvalue weighted by atomic mass is 9.87. The molecule has 0 bridgehead atoms. The molecule has 0 aromatic rings. The van der Waals surface area contributed by atoms with Crippen molar-refractivity contribution in [1.29, 1.82) is 0 Å². The van der Waals surface area contributed by atoms with Gasteiger partial charge in [0.1, 0.15) is 0 Å². The van der Waals surface area contributed by atoms with Crippen LogP contribution in [0.3, 0.4) is 0 Å². The highest BCUT2D eigenvalue weighted by Crippen LogP contribution is 2.27. The fourth-order valence-electron chi connectivity index (χ4n) is 2.99. The lowest BCUT2D eigenvalue weighted by molar-refractivity contribution is 0.0364. The molecule has 20 heavy (non-hydrogen) atoms. The molecule has 120 valence electrons. The van der Waals surface area contributed by atoms with Crippen LogP contribution in [0.15, 0.2) is 0 Å². The Morgan fingerprint density at radius 1 is 1.25 bits per heavy atom. The third-order valence-corrected chi connectivity index (χ3v) is 7.19. The number of rotatable bonds is 7. The molecule has 0 aromatic carbocycles. The molecule has 1 unspecified atom stereocenters. The predicted octanol–water partition coefficient (Wildman–Crippen LogP) is 2.05. The molecular weight excluding hydrogens is 272 g/mol. The van der Waals surface area contributed by atoms with Crippen LogP contribution in [-0.4, -0.2) is 55.5 Å². The summed E-state index contributed by atoms with van der Waals surface area (Å²) in [5.41, 5.74) is 0.123. The summed E-state index contributed by atoms with van der Waals surface area (Å²) in [5, 5.41) is 3.35. The maximum atomic E-state index is 12.1. The molecule has 4 nitrogen and oxygen atoms in total. The summed E-state index contributed by atoms with van der Waals surface area (Å²) < 4.78 is 24.1. The minimum atomic E-state index is -2.95. The largest absolute Gasteiger partial charge is 0.311 e. The predicted molar refractivity (Wildman–Crippen MR) is 85.9 cm³/mol. The van der Waals surface area contributed by atoms with Crippen LogP contribution in [0.4, 0.5) is 0 Å². The van der Waals surface area contributed by atoms with Gasteiger partial charge >= 0.3 is 0 Å². The summed E-state index contributed by atoms with van der Waals surface area (Å²) in [6, 6.07) is 0.489. The van der Waals surface area contributed by atoms with Gasteiger partial charge in [0.05, 0.1) is 11.0 Å². The van der Waals surface area contributed by atoms with Crippen molar-refractivity contribution in [2.45, 2.75) is 70.7 Å². The number of hydrogen-bond acceptors (Lipinski definition) is 4. The van der Waals surface area contributed by atoms with Crippen molar-refractivity contribution in [3.05, 3.63) is 0 Å². The van der Waals surface area contributed by atoms with Crippen LogP contribution < -0.4 is 5.32 Å². The summed E-state index contributed by atoms with van der Waals surface area (Å²) in [6.45, 7) is 12.8. The Bertz CT molecular complexity index is 389.